The van der Waals surface area contributed by atoms with Gasteiger partial charge in [-0.2, -0.15) is 0 Å². The summed E-state index contributed by atoms with van der Waals surface area (Å²) in [6.45, 7) is 2.08. The second-order valence-corrected chi connectivity index (χ2v) is 3.83. The molecule has 0 bridgehead atoms. The van der Waals surface area contributed by atoms with Crippen molar-refractivity contribution in [3.8, 4) is 0 Å². The van der Waals surface area contributed by atoms with Crippen LogP contribution in [0.25, 0.3) is 5.57 Å². The van der Waals surface area contributed by atoms with E-state index < -0.39 is 0 Å². The van der Waals surface area contributed by atoms with Gasteiger partial charge >= 0.3 is 5.97 Å². The Morgan fingerprint density at radius 1 is 1.25 bits per heavy atom. The molecule has 1 aliphatic carbocycles. The van der Waals surface area contributed by atoms with E-state index in [4.69, 9.17) is 4.74 Å². The van der Waals surface area contributed by atoms with Gasteiger partial charge in [-0.25, -0.2) is 4.79 Å². The van der Waals surface area contributed by atoms with Crippen molar-refractivity contribution in [3.63, 3.8) is 0 Å². The molecule has 0 spiro atoms. The van der Waals surface area contributed by atoms with Gasteiger partial charge in [-0.15, -0.1) is 0 Å². The largest absolute Gasteiger partial charge is 0.465 e. The fraction of sp³-hybridized carbons (Fsp3) is 0.214. The summed E-state index contributed by atoms with van der Waals surface area (Å²) in [4.78, 5) is 11.6. The Balaban J connectivity index is 2.48. The average molecular weight is 214 g/mol. The summed E-state index contributed by atoms with van der Waals surface area (Å²) in [6, 6.07) is 9.95. The number of hydrogen-bond donors (Lipinski definition) is 0. The van der Waals surface area contributed by atoms with E-state index in [-0.39, 0.29) is 11.9 Å². The Morgan fingerprint density at radius 2 is 1.94 bits per heavy atom. The molecule has 0 aliphatic heterocycles. The molecular formula is C14H14O2. The van der Waals surface area contributed by atoms with E-state index in [1.54, 1.807) is 0 Å². The number of esters is 1. The normalized spacial score (nSPS) is 19.0. The van der Waals surface area contributed by atoms with Gasteiger partial charge in [0, 0.05) is 5.92 Å². The van der Waals surface area contributed by atoms with Crippen LogP contribution >= 0.6 is 0 Å². The van der Waals surface area contributed by atoms with E-state index in [9.17, 15) is 4.79 Å². The second kappa shape index (κ2) is 4.35. The van der Waals surface area contributed by atoms with Crippen LogP contribution in [0.1, 0.15) is 12.5 Å². The van der Waals surface area contributed by atoms with E-state index >= 15 is 0 Å². The fourth-order valence-corrected chi connectivity index (χ4v) is 2.00. The van der Waals surface area contributed by atoms with Crippen LogP contribution in [-0.2, 0) is 9.53 Å². The molecule has 2 rings (SSSR count). The molecule has 0 radical (unpaired) electrons. The molecule has 0 fully saturated rings. The van der Waals surface area contributed by atoms with Gasteiger partial charge in [0.1, 0.15) is 0 Å². The SMILES string of the molecule is COC(=O)C1=C(c2ccccc2)C(C)C=C1. The number of carbonyl (C=O) groups is 1. The summed E-state index contributed by atoms with van der Waals surface area (Å²) in [6.07, 6.45) is 3.87. The predicted molar refractivity (Wildman–Crippen MR) is 63.7 cm³/mol. The summed E-state index contributed by atoms with van der Waals surface area (Å²) in [5.41, 5.74) is 2.80. The zero-order valence-corrected chi connectivity index (χ0v) is 9.44. The Kier molecular flexibility index (Phi) is 2.91. The third-order valence-corrected chi connectivity index (χ3v) is 2.79. The molecule has 0 heterocycles. The van der Waals surface area contributed by atoms with Crippen LogP contribution in [0.5, 0.6) is 0 Å². The van der Waals surface area contributed by atoms with Gasteiger partial charge in [0.15, 0.2) is 0 Å². The maximum absolute atomic E-state index is 11.6. The van der Waals surface area contributed by atoms with E-state index in [1.807, 2.05) is 42.5 Å². The fourth-order valence-electron chi connectivity index (χ4n) is 2.00. The highest BCUT2D eigenvalue weighted by Crippen LogP contribution is 2.33. The number of hydrogen-bond acceptors (Lipinski definition) is 2. The van der Waals surface area contributed by atoms with Gasteiger partial charge in [-0.1, -0.05) is 49.4 Å². The molecular weight excluding hydrogens is 200 g/mol. The summed E-state index contributed by atoms with van der Waals surface area (Å²) < 4.78 is 4.79. The molecule has 0 saturated heterocycles. The van der Waals surface area contributed by atoms with Gasteiger partial charge < -0.3 is 4.74 Å². The van der Waals surface area contributed by atoms with Gasteiger partial charge in [-0.3, -0.25) is 0 Å². The van der Waals surface area contributed by atoms with Crippen LogP contribution in [0.4, 0.5) is 0 Å². The van der Waals surface area contributed by atoms with Gasteiger partial charge in [0.05, 0.1) is 12.7 Å². The molecule has 1 aromatic rings. The van der Waals surface area contributed by atoms with Gasteiger partial charge in [0.25, 0.3) is 0 Å². The third kappa shape index (κ3) is 1.78. The Labute approximate surface area is 95.2 Å². The molecule has 0 N–H and O–H groups in total. The van der Waals surface area contributed by atoms with Crippen molar-refractivity contribution < 1.29 is 9.53 Å². The summed E-state index contributed by atoms with van der Waals surface area (Å²) in [5.74, 6) is -0.00375. The van der Waals surface area contributed by atoms with Gasteiger partial charge in [0.2, 0.25) is 0 Å². The van der Waals surface area contributed by atoms with E-state index in [1.165, 1.54) is 7.11 Å². The Bertz CT molecular complexity index is 455. The molecule has 16 heavy (non-hydrogen) atoms. The topological polar surface area (TPSA) is 26.3 Å². The maximum atomic E-state index is 11.6. The Morgan fingerprint density at radius 3 is 2.56 bits per heavy atom. The standard InChI is InChI=1S/C14H14O2/c1-10-8-9-12(14(15)16-2)13(10)11-6-4-3-5-7-11/h3-10H,1-2H3. The van der Waals surface area contributed by atoms with Crippen molar-refractivity contribution in [1.82, 2.24) is 0 Å². The van der Waals surface area contributed by atoms with Crippen molar-refractivity contribution in [2.24, 2.45) is 5.92 Å². The van der Waals surface area contributed by atoms with Crippen LogP contribution in [-0.4, -0.2) is 13.1 Å². The summed E-state index contributed by atoms with van der Waals surface area (Å²) >= 11 is 0. The lowest BCUT2D eigenvalue weighted by Gasteiger charge is -2.10. The lowest BCUT2D eigenvalue weighted by molar-refractivity contribution is -0.135. The van der Waals surface area contributed by atoms with E-state index in [2.05, 4.69) is 6.92 Å². The number of rotatable bonds is 2. The molecule has 1 aromatic carbocycles. The Hall–Kier alpha value is -1.83. The molecule has 2 heteroatoms. The van der Waals surface area contributed by atoms with Crippen LogP contribution in [0.15, 0.2) is 48.1 Å². The van der Waals surface area contributed by atoms with Crippen LogP contribution in [0, 0.1) is 5.92 Å². The molecule has 0 aromatic heterocycles. The van der Waals surface area contributed by atoms with Crippen molar-refractivity contribution in [1.29, 1.82) is 0 Å². The van der Waals surface area contributed by atoms with Crippen LogP contribution in [0.2, 0.25) is 0 Å². The van der Waals surface area contributed by atoms with E-state index in [0.717, 1.165) is 11.1 Å². The first-order chi connectivity index (χ1) is 7.74. The number of methoxy groups -OCH3 is 1. The number of carbonyl (C=O) groups excluding carboxylic acids is 1. The van der Waals surface area contributed by atoms with E-state index in [0.29, 0.717) is 5.57 Å². The summed E-state index contributed by atoms with van der Waals surface area (Å²) in [5, 5.41) is 0. The molecule has 1 aliphatic rings. The molecule has 2 nitrogen and oxygen atoms in total. The average Bonchev–Trinajstić information content (AvgIpc) is 2.71. The third-order valence-electron chi connectivity index (χ3n) is 2.79. The minimum atomic E-state index is -0.264. The van der Waals surface area contributed by atoms with Gasteiger partial charge in [-0.05, 0) is 11.1 Å². The highest BCUT2D eigenvalue weighted by Gasteiger charge is 2.23. The monoisotopic (exact) mass is 214 g/mol. The second-order valence-electron chi connectivity index (χ2n) is 3.83. The first-order valence-corrected chi connectivity index (χ1v) is 5.30. The zero-order valence-electron chi connectivity index (χ0n) is 9.44. The highest BCUT2D eigenvalue weighted by atomic mass is 16.5. The van der Waals surface area contributed by atoms with Crippen molar-refractivity contribution >= 4 is 11.5 Å². The number of benzene rings is 1. The number of ether oxygens (including phenoxy) is 1. The van der Waals surface area contributed by atoms with Crippen molar-refractivity contribution in [3.05, 3.63) is 53.6 Å². The first kappa shape index (κ1) is 10.7. The van der Waals surface area contributed by atoms with Crippen molar-refractivity contribution in [2.75, 3.05) is 7.11 Å². The molecule has 1 atom stereocenters. The van der Waals surface area contributed by atoms with Crippen LogP contribution in [0.3, 0.4) is 0 Å². The smallest absolute Gasteiger partial charge is 0.338 e. The van der Waals surface area contributed by atoms with Crippen molar-refractivity contribution in [2.45, 2.75) is 6.92 Å². The quantitative estimate of drug-likeness (QED) is 0.707. The molecule has 1 unspecified atom stereocenters. The minimum absolute atomic E-state index is 0.261. The van der Waals surface area contributed by atoms with Crippen LogP contribution < -0.4 is 0 Å². The number of allylic oxidation sites excluding steroid dienone is 2. The highest BCUT2D eigenvalue weighted by molar-refractivity contribution is 6.02. The lowest BCUT2D eigenvalue weighted by atomic mass is 9.94. The first-order valence-electron chi connectivity index (χ1n) is 5.30. The maximum Gasteiger partial charge on any atom is 0.338 e. The zero-order chi connectivity index (χ0) is 11.5. The molecule has 0 saturated carbocycles. The molecule has 82 valence electrons. The molecule has 0 amide bonds. The summed E-state index contributed by atoms with van der Waals surface area (Å²) in [7, 11) is 1.41. The lowest BCUT2D eigenvalue weighted by Crippen LogP contribution is -2.05. The predicted octanol–water partition coefficient (Wildman–Crippen LogP) is 2.82. The minimum Gasteiger partial charge on any atom is -0.465 e.